The Bertz CT molecular complexity index is 4860. The van der Waals surface area contributed by atoms with E-state index < -0.39 is 12.1 Å². The summed E-state index contributed by atoms with van der Waals surface area (Å²) in [6.07, 6.45) is 14.2. The van der Waals surface area contributed by atoms with E-state index in [4.69, 9.17) is 14.9 Å². The number of aromatic amines is 1. The number of nitrogens with zero attached hydrogens (tertiary/aromatic N) is 11. The van der Waals surface area contributed by atoms with Crippen LogP contribution in [0.2, 0.25) is 0 Å². The van der Waals surface area contributed by atoms with Crippen LogP contribution in [0.1, 0.15) is 143 Å². The number of anilines is 9. The molecule has 0 unspecified atom stereocenters. The maximum absolute atomic E-state index is 12.9. The third-order valence-corrected chi connectivity index (χ3v) is 18.7. The van der Waals surface area contributed by atoms with Crippen LogP contribution in [-0.4, -0.2) is 109 Å². The minimum atomic E-state index is -0.530. The quantitative estimate of drug-likeness (QED) is 0.0300. The minimum absolute atomic E-state index is 0.0852. The normalized spacial score (nSPS) is 11.2. The second-order valence-corrected chi connectivity index (χ2v) is 31.4. The molecule has 11 rings (SSSR count). The highest BCUT2D eigenvalue weighted by Gasteiger charge is 2.25. The molecule has 11 aromatic rings. The summed E-state index contributed by atoms with van der Waals surface area (Å²) >= 11 is 4.26. The van der Waals surface area contributed by atoms with Crippen LogP contribution < -0.4 is 53.2 Å². The Morgan fingerprint density at radius 3 is 1.19 bits per heavy atom. The number of urea groups is 4. The van der Waals surface area contributed by atoms with Crippen LogP contribution in [-0.2, 0) is 64.3 Å². The van der Waals surface area contributed by atoms with Crippen molar-refractivity contribution in [2.24, 2.45) is 0 Å². The zero-order valence-electron chi connectivity index (χ0n) is 62.9. The summed E-state index contributed by atoms with van der Waals surface area (Å²) in [6.45, 7) is 28.6. The van der Waals surface area contributed by atoms with Crippen molar-refractivity contribution in [3.05, 3.63) is 200 Å². The van der Waals surface area contributed by atoms with Gasteiger partial charge in [-0.25, -0.2) is 63.2 Å². The van der Waals surface area contributed by atoms with Crippen LogP contribution in [0.3, 0.4) is 0 Å². The Hall–Kier alpha value is -11.8. The van der Waals surface area contributed by atoms with E-state index in [1.807, 2.05) is 118 Å². The van der Waals surface area contributed by atoms with E-state index in [0.717, 1.165) is 109 Å². The summed E-state index contributed by atoms with van der Waals surface area (Å²) in [5.41, 5.74) is 9.37. The molecule has 0 radical (unpaired) electrons. The number of nitrogens with one attached hydrogen (secondary N) is 11. The van der Waals surface area contributed by atoms with Gasteiger partial charge in [0.15, 0.2) is 21.2 Å². The van der Waals surface area contributed by atoms with E-state index in [9.17, 15) is 28.8 Å². The molecular formula is C76H92N22O7S3. The van der Waals surface area contributed by atoms with Crippen molar-refractivity contribution in [3.63, 3.8) is 0 Å². The van der Waals surface area contributed by atoms with E-state index >= 15 is 0 Å². The molecule has 566 valence electrons. The molecule has 2 aromatic carbocycles. The van der Waals surface area contributed by atoms with E-state index in [0.29, 0.717) is 63.5 Å². The highest BCUT2D eigenvalue weighted by Crippen LogP contribution is 2.31. The molecule has 9 heterocycles. The van der Waals surface area contributed by atoms with Crippen molar-refractivity contribution in [1.82, 2.24) is 65.0 Å². The van der Waals surface area contributed by atoms with Crippen molar-refractivity contribution in [2.75, 3.05) is 61.0 Å². The van der Waals surface area contributed by atoms with E-state index in [2.05, 4.69) is 156 Å². The van der Waals surface area contributed by atoms with Gasteiger partial charge in [0.2, 0.25) is 5.91 Å². The van der Waals surface area contributed by atoms with Crippen molar-refractivity contribution in [2.45, 2.75) is 152 Å². The first kappa shape index (κ1) is 80.3. The van der Waals surface area contributed by atoms with Gasteiger partial charge in [-0.3, -0.25) is 52.4 Å². The van der Waals surface area contributed by atoms with Crippen LogP contribution in [0, 0.1) is 13.8 Å². The molecular weight excluding hydrogens is 1430 g/mol. The fourth-order valence-electron chi connectivity index (χ4n) is 10.1. The second-order valence-electron chi connectivity index (χ2n) is 28.0. The van der Waals surface area contributed by atoms with Crippen LogP contribution >= 0.6 is 34.0 Å². The summed E-state index contributed by atoms with van der Waals surface area (Å²) in [5, 5.41) is 45.7. The summed E-state index contributed by atoms with van der Waals surface area (Å²) in [6, 6.07) is 31.4. The topological polar surface area (TPSA) is 374 Å². The van der Waals surface area contributed by atoms with Crippen molar-refractivity contribution < 1.29 is 33.5 Å². The van der Waals surface area contributed by atoms with Gasteiger partial charge in [0.1, 0.15) is 29.1 Å². The third-order valence-electron chi connectivity index (χ3n) is 15.8. The first-order chi connectivity index (χ1) is 51.4. The molecule has 11 N–H and O–H groups in total. The monoisotopic (exact) mass is 1520 g/mol. The molecule has 32 heteroatoms. The maximum atomic E-state index is 12.9. The van der Waals surface area contributed by atoms with Crippen molar-refractivity contribution in [3.8, 4) is 11.4 Å². The summed E-state index contributed by atoms with van der Waals surface area (Å²) < 4.78 is 8.35. The number of H-pyrrole nitrogens is 1. The number of amides is 10. The highest BCUT2D eigenvalue weighted by atomic mass is 32.1. The molecule has 0 bridgehead atoms. The van der Waals surface area contributed by atoms with Gasteiger partial charge in [-0.15, -0.1) is 34.0 Å². The van der Waals surface area contributed by atoms with Crippen LogP contribution in [0.25, 0.3) is 11.4 Å². The van der Waals surface area contributed by atoms with E-state index in [-0.39, 0.29) is 40.2 Å². The van der Waals surface area contributed by atoms with Crippen LogP contribution in [0.5, 0.6) is 0 Å². The van der Waals surface area contributed by atoms with Crippen molar-refractivity contribution >= 4 is 120 Å². The number of thiazole rings is 3. The highest BCUT2D eigenvalue weighted by molar-refractivity contribution is 7.16. The van der Waals surface area contributed by atoms with Gasteiger partial charge in [0, 0.05) is 105 Å². The molecule has 0 atom stereocenters. The predicted octanol–water partition coefficient (Wildman–Crippen LogP) is 16.2. The number of carbonyl (C=O) groups excluding carboxylic acids is 6. The molecule has 0 saturated carbocycles. The largest absolute Gasteiger partial charge is 0.450 e. The van der Waals surface area contributed by atoms with Gasteiger partial charge in [-0.1, -0.05) is 97.7 Å². The number of aryl methyl sites for hydroxylation is 8. The van der Waals surface area contributed by atoms with Gasteiger partial charge < -0.3 is 15.4 Å². The third kappa shape index (κ3) is 24.9. The van der Waals surface area contributed by atoms with Crippen molar-refractivity contribution in [1.29, 1.82) is 0 Å². The smallest absolute Gasteiger partial charge is 0.412 e. The molecule has 0 saturated heterocycles. The van der Waals surface area contributed by atoms with Gasteiger partial charge >= 0.3 is 30.2 Å². The predicted molar refractivity (Wildman–Crippen MR) is 428 cm³/mol. The Kier molecular flexibility index (Phi) is 27.5. The fraction of sp³-hybridized carbons (Fsp3) is 0.329. The fourth-order valence-corrected chi connectivity index (χ4v) is 12.5. The number of ether oxygens (including phenoxy) is 1. The van der Waals surface area contributed by atoms with E-state index in [1.165, 1.54) is 40.9 Å². The zero-order valence-corrected chi connectivity index (χ0v) is 65.4. The molecule has 0 aliphatic rings. The number of aromatic nitrogens is 12. The number of rotatable bonds is 22. The molecule has 0 spiro atoms. The summed E-state index contributed by atoms with van der Waals surface area (Å²) in [7, 11) is 0. The Morgan fingerprint density at radius 1 is 0.435 bits per heavy atom. The Balaban J connectivity index is 0.000000188. The average Bonchev–Trinajstić information content (AvgIpc) is 1.64. The lowest BCUT2D eigenvalue weighted by Crippen LogP contribution is -2.28. The lowest BCUT2D eigenvalue weighted by atomic mass is 9.92. The van der Waals surface area contributed by atoms with E-state index in [1.54, 1.807) is 59.5 Å². The van der Waals surface area contributed by atoms with Crippen LogP contribution in [0.4, 0.5) is 74.3 Å². The van der Waals surface area contributed by atoms with Gasteiger partial charge in [-0.2, -0.15) is 15.3 Å². The number of carbonyl (C=O) groups is 6. The Morgan fingerprint density at radius 2 is 0.824 bits per heavy atom. The lowest BCUT2D eigenvalue weighted by Gasteiger charge is -2.14. The van der Waals surface area contributed by atoms with Crippen LogP contribution in [0.15, 0.2) is 140 Å². The summed E-state index contributed by atoms with van der Waals surface area (Å²) in [4.78, 5) is 101. The zero-order chi connectivity index (χ0) is 77.7. The SMILES string of the molecule is CC(=O)Nc1cc(CCc2cnc(NC(=O)Nc3cc(C(C)(C)C)nn3-c3ccc(C)cc3)s2)ccn1.CCNC(=O)Nc1cc(CCc2cnc(NC(=O)Nc3cc(C(C)(C)C)nn3-c3ccc(C)cc3)s2)ccn1.CCOC(=O)Nc1cc(CCc2cnc(NC(=O)Nc3cc(C(C)(C)C)[nH]n3)s2)ccn1. The standard InChI is InChI=1S/C28H34N8O2S.C27H31N7O2S.C21H27N7O3S/c1-6-29-25(37)32-23-15-19(13-14-30-23)9-12-21-17-31-27(39-21)34-26(38)33-24-16-22(28(3,4)5)35-36(24)20-10-7-18(2)8-11-20;1-17-6-9-20(10-7-17)34-24(15-22(33-34)27(3,4)5)31-25(36)32-26-29-16-21(37-26)11-8-19-12-13-28-23(14-19)30-18(2)35;1-5-31-20(30)25-16-10-13(8-9-22-16)6-7-14-12-23-19(32-14)26-18(29)24-17-11-15(27-28-17)21(2,3)4/h7-8,10-11,13-17H,6,9,12H2,1-5H3,(H2,29,30,32,37)(H2,31,33,34,38);6-7,9-10,12-16H,8,11H2,1-5H3,(H,28,30,35)(H2,29,31,32,36);8-12H,5-7H2,1-4H3,(H,22,25,30)(H3,23,24,26,27,28,29). The molecule has 9 aromatic heterocycles. The second kappa shape index (κ2) is 37.0. The number of hydrogen-bond donors (Lipinski definition) is 11. The van der Waals surface area contributed by atoms with Gasteiger partial charge in [0.05, 0.1) is 29.4 Å². The Labute approximate surface area is 639 Å². The molecule has 108 heavy (non-hydrogen) atoms. The summed E-state index contributed by atoms with van der Waals surface area (Å²) in [5.74, 6) is 2.93. The maximum Gasteiger partial charge on any atom is 0.412 e. The molecule has 0 aliphatic heterocycles. The van der Waals surface area contributed by atoms with Gasteiger partial charge in [-0.05, 0) is 144 Å². The lowest BCUT2D eigenvalue weighted by molar-refractivity contribution is -0.114. The first-order valence-corrected chi connectivity index (χ1v) is 37.4. The number of hydrogen-bond acceptors (Lipinski definition) is 19. The minimum Gasteiger partial charge on any atom is -0.450 e. The number of benzene rings is 2. The number of pyridine rings is 3. The first-order valence-electron chi connectivity index (χ1n) is 35.0. The molecule has 29 nitrogen and oxygen atoms in total. The molecule has 0 fully saturated rings. The molecule has 10 amide bonds. The van der Waals surface area contributed by atoms with Gasteiger partial charge in [0.25, 0.3) is 0 Å². The molecule has 0 aliphatic carbocycles. The average molecular weight is 1520 g/mol.